The van der Waals surface area contributed by atoms with Gasteiger partial charge in [0.15, 0.2) is 4.96 Å². The molecule has 0 atom stereocenters. The number of benzene rings is 1. The topological polar surface area (TPSA) is 59.7 Å². The van der Waals surface area contributed by atoms with Crippen molar-refractivity contribution in [1.82, 2.24) is 14.4 Å². The third-order valence-electron chi connectivity index (χ3n) is 3.29. The van der Waals surface area contributed by atoms with Gasteiger partial charge >= 0.3 is 0 Å². The molecule has 0 amide bonds. The van der Waals surface area contributed by atoms with E-state index in [-0.39, 0.29) is 6.61 Å². The molecule has 104 valence electrons. The first-order valence-electron chi connectivity index (χ1n) is 6.43. The van der Waals surface area contributed by atoms with Crippen LogP contribution in [0, 0.1) is 0 Å². The number of hydrogen-bond donors (Lipinski definition) is 1. The second-order valence-corrected chi connectivity index (χ2v) is 5.38. The summed E-state index contributed by atoms with van der Waals surface area (Å²) < 4.78 is 7.77. The molecule has 4 aromatic rings. The van der Waals surface area contributed by atoms with Crippen molar-refractivity contribution in [2.24, 2.45) is 0 Å². The van der Waals surface area contributed by atoms with Crippen LogP contribution in [0.15, 0.2) is 48.1 Å². The molecule has 5 nitrogen and oxygen atoms in total. The largest absolute Gasteiger partial charge is 0.436 e. The monoisotopic (exact) mass is 297 g/mol. The predicted octanol–water partition coefficient (Wildman–Crippen LogP) is 3.23. The van der Waals surface area contributed by atoms with Gasteiger partial charge in [0, 0.05) is 23.2 Å². The lowest BCUT2D eigenvalue weighted by Gasteiger charge is -2.07. The summed E-state index contributed by atoms with van der Waals surface area (Å²) in [4.78, 5) is 9.53. The van der Waals surface area contributed by atoms with Crippen molar-refractivity contribution in [3.63, 3.8) is 0 Å². The fraction of sp³-hybridized carbons (Fsp3) is 0.0667. The van der Waals surface area contributed by atoms with Gasteiger partial charge in [0.05, 0.1) is 12.1 Å². The third-order valence-corrected chi connectivity index (χ3v) is 4.04. The zero-order valence-electron chi connectivity index (χ0n) is 10.9. The fourth-order valence-electron chi connectivity index (χ4n) is 2.31. The summed E-state index contributed by atoms with van der Waals surface area (Å²) in [6.07, 6.45) is 3.62. The Bertz CT molecular complexity index is 924. The number of fused-ring (bicyclic) bond motifs is 2. The molecule has 0 aliphatic rings. The molecule has 3 aromatic heterocycles. The highest BCUT2D eigenvalue weighted by Gasteiger charge is 2.15. The van der Waals surface area contributed by atoms with Gasteiger partial charge in [-0.05, 0) is 24.3 Å². The number of aromatic nitrogens is 3. The summed E-state index contributed by atoms with van der Waals surface area (Å²) in [6, 6.07) is 9.52. The number of thiazole rings is 1. The molecule has 0 radical (unpaired) electrons. The summed E-state index contributed by atoms with van der Waals surface area (Å²) >= 11 is 1.50. The Morgan fingerprint density at radius 1 is 1.24 bits per heavy atom. The van der Waals surface area contributed by atoms with Gasteiger partial charge in [-0.3, -0.25) is 9.38 Å². The normalized spacial score (nSPS) is 11.3. The van der Waals surface area contributed by atoms with E-state index in [4.69, 9.17) is 4.74 Å². The zero-order valence-corrected chi connectivity index (χ0v) is 11.7. The fourth-order valence-corrected chi connectivity index (χ4v) is 3.03. The molecule has 0 saturated heterocycles. The second kappa shape index (κ2) is 4.83. The molecular formula is C15H11N3O2S. The van der Waals surface area contributed by atoms with E-state index in [9.17, 15) is 5.11 Å². The van der Waals surface area contributed by atoms with Crippen molar-refractivity contribution in [2.75, 3.05) is 0 Å². The average molecular weight is 297 g/mol. The molecule has 0 saturated carbocycles. The smallest absolute Gasteiger partial charge is 0.244 e. The van der Waals surface area contributed by atoms with E-state index in [0.717, 1.165) is 15.9 Å². The van der Waals surface area contributed by atoms with Gasteiger partial charge in [-0.25, -0.2) is 0 Å². The first-order valence-corrected chi connectivity index (χ1v) is 7.31. The number of pyridine rings is 1. The van der Waals surface area contributed by atoms with Crippen LogP contribution >= 0.6 is 11.3 Å². The highest BCUT2D eigenvalue weighted by Crippen LogP contribution is 2.31. The molecule has 21 heavy (non-hydrogen) atoms. The summed E-state index contributed by atoms with van der Waals surface area (Å²) in [6.45, 7) is -0.129. The van der Waals surface area contributed by atoms with E-state index in [0.29, 0.717) is 17.3 Å². The van der Waals surface area contributed by atoms with Crippen LogP contribution in [0.25, 0.3) is 15.9 Å². The Morgan fingerprint density at radius 3 is 3.10 bits per heavy atom. The number of aliphatic hydroxyl groups is 1. The molecule has 6 heteroatoms. The number of imidazole rings is 1. The van der Waals surface area contributed by atoms with E-state index in [2.05, 4.69) is 9.97 Å². The lowest BCUT2D eigenvalue weighted by molar-refractivity contribution is 0.270. The Hall–Kier alpha value is -2.44. The Morgan fingerprint density at radius 2 is 2.19 bits per heavy atom. The van der Waals surface area contributed by atoms with Crippen molar-refractivity contribution >= 4 is 27.2 Å². The third kappa shape index (κ3) is 1.96. The molecule has 1 N–H and O–H groups in total. The first kappa shape index (κ1) is 12.3. The van der Waals surface area contributed by atoms with Crippen LogP contribution in [-0.4, -0.2) is 19.5 Å². The standard InChI is InChI=1S/C15H11N3O2S/c19-9-12-14(17-15-18(12)7-8-21-15)20-13-5-1-4-11-10(13)3-2-6-16-11/h1-8,19H,9H2. The molecule has 4 rings (SSSR count). The van der Waals surface area contributed by atoms with Crippen LogP contribution in [0.3, 0.4) is 0 Å². The maximum Gasteiger partial charge on any atom is 0.244 e. The maximum atomic E-state index is 9.57. The van der Waals surface area contributed by atoms with Gasteiger partial charge in [0.2, 0.25) is 5.88 Å². The molecule has 0 fully saturated rings. The molecule has 0 bridgehead atoms. The van der Waals surface area contributed by atoms with Crippen LogP contribution in [0.4, 0.5) is 0 Å². The second-order valence-electron chi connectivity index (χ2n) is 4.51. The molecule has 0 unspecified atom stereocenters. The van der Waals surface area contributed by atoms with Gasteiger partial charge in [-0.1, -0.05) is 6.07 Å². The van der Waals surface area contributed by atoms with Crippen molar-refractivity contribution < 1.29 is 9.84 Å². The van der Waals surface area contributed by atoms with Gasteiger partial charge in [-0.2, -0.15) is 4.98 Å². The number of hydrogen-bond acceptors (Lipinski definition) is 5. The molecule has 0 spiro atoms. The molecule has 3 heterocycles. The van der Waals surface area contributed by atoms with Crippen LogP contribution in [-0.2, 0) is 6.61 Å². The van der Waals surface area contributed by atoms with Crippen molar-refractivity contribution in [1.29, 1.82) is 0 Å². The minimum atomic E-state index is -0.129. The average Bonchev–Trinajstić information content (AvgIpc) is 3.08. The molecule has 1 aromatic carbocycles. The van der Waals surface area contributed by atoms with E-state index >= 15 is 0 Å². The number of rotatable bonds is 3. The molecular weight excluding hydrogens is 286 g/mol. The maximum absolute atomic E-state index is 9.57. The Balaban J connectivity index is 1.84. The number of ether oxygens (including phenoxy) is 1. The SMILES string of the molecule is OCc1c(Oc2cccc3ncccc23)nc2sccn12. The number of aliphatic hydroxyl groups excluding tert-OH is 1. The van der Waals surface area contributed by atoms with Crippen LogP contribution in [0.5, 0.6) is 11.6 Å². The van der Waals surface area contributed by atoms with Crippen LogP contribution in [0.2, 0.25) is 0 Å². The van der Waals surface area contributed by atoms with Crippen LogP contribution in [0.1, 0.15) is 5.69 Å². The van der Waals surface area contributed by atoms with Gasteiger partial charge in [-0.15, -0.1) is 11.3 Å². The number of nitrogens with zero attached hydrogens (tertiary/aromatic N) is 3. The molecule has 0 aliphatic carbocycles. The highest BCUT2D eigenvalue weighted by molar-refractivity contribution is 7.15. The van der Waals surface area contributed by atoms with Crippen molar-refractivity contribution in [3.8, 4) is 11.6 Å². The van der Waals surface area contributed by atoms with Gasteiger partial charge in [0.1, 0.15) is 11.4 Å². The summed E-state index contributed by atoms with van der Waals surface area (Å²) in [5.41, 5.74) is 1.51. The minimum absolute atomic E-state index is 0.129. The summed E-state index contributed by atoms with van der Waals surface area (Å²) in [5.74, 6) is 1.11. The highest BCUT2D eigenvalue weighted by atomic mass is 32.1. The van der Waals surface area contributed by atoms with Crippen LogP contribution < -0.4 is 4.74 Å². The Labute approximate surface area is 124 Å². The zero-order chi connectivity index (χ0) is 14.2. The van der Waals surface area contributed by atoms with E-state index < -0.39 is 0 Å². The van der Waals surface area contributed by atoms with Gasteiger partial charge in [0.25, 0.3) is 0 Å². The van der Waals surface area contributed by atoms with E-state index in [1.165, 1.54) is 11.3 Å². The lowest BCUT2D eigenvalue weighted by Crippen LogP contribution is -1.94. The molecule has 0 aliphatic heterocycles. The Kier molecular flexibility index (Phi) is 2.83. The first-order chi connectivity index (χ1) is 10.4. The summed E-state index contributed by atoms with van der Waals surface area (Å²) in [7, 11) is 0. The predicted molar refractivity (Wildman–Crippen MR) is 80.8 cm³/mol. The minimum Gasteiger partial charge on any atom is -0.436 e. The quantitative estimate of drug-likeness (QED) is 0.630. The van der Waals surface area contributed by atoms with Crippen molar-refractivity contribution in [3.05, 3.63) is 53.8 Å². The summed E-state index contributed by atoms with van der Waals surface area (Å²) in [5, 5.41) is 12.4. The van der Waals surface area contributed by atoms with Crippen molar-refractivity contribution in [2.45, 2.75) is 6.61 Å². The lowest BCUT2D eigenvalue weighted by atomic mass is 10.2. The van der Waals surface area contributed by atoms with E-state index in [1.807, 2.05) is 46.3 Å². The van der Waals surface area contributed by atoms with E-state index in [1.54, 1.807) is 6.20 Å². The van der Waals surface area contributed by atoms with Gasteiger partial charge < -0.3 is 9.84 Å².